The maximum Gasteiger partial charge on any atom is 0.307 e. The third-order valence-electron chi connectivity index (χ3n) is 4.92. The van der Waals surface area contributed by atoms with Crippen LogP contribution in [0.4, 0.5) is 0 Å². The van der Waals surface area contributed by atoms with Gasteiger partial charge in [0.15, 0.2) is 0 Å². The average molecular weight is 448 g/mol. The molecule has 0 fully saturated rings. The Labute approximate surface area is 198 Å². The van der Waals surface area contributed by atoms with Crippen molar-refractivity contribution in [3.8, 4) is 11.1 Å². The fraction of sp³-hybridized carbons (Fsp3) is 0.310. The quantitative estimate of drug-likeness (QED) is 0.300. The summed E-state index contributed by atoms with van der Waals surface area (Å²) in [5, 5.41) is 13.2. The molecule has 4 heteroatoms. The predicted octanol–water partition coefficient (Wildman–Crippen LogP) is 7.59. The van der Waals surface area contributed by atoms with Gasteiger partial charge in [-0.1, -0.05) is 99.6 Å². The maximum absolute atomic E-state index is 10.9. The molecule has 3 aromatic carbocycles. The average Bonchev–Trinajstić information content (AvgIpc) is 2.84. The number of carboxylic acid groups (broad SMARTS) is 1. The van der Waals surface area contributed by atoms with Gasteiger partial charge < -0.3 is 9.94 Å². The molecule has 33 heavy (non-hydrogen) atoms. The van der Waals surface area contributed by atoms with Gasteiger partial charge in [0, 0.05) is 0 Å². The summed E-state index contributed by atoms with van der Waals surface area (Å²) in [6.45, 7) is 14.5. The lowest BCUT2D eigenvalue weighted by Crippen LogP contribution is -2.00. The standard InChI is InChI=1S/C25H25NO3.2C2H6/c1-17-7-8-21(13-18(17)2)16-29-26-19(3)22-9-11-23(12-10-22)24-6-4-5-20(14-24)15-25(27)28;2*1-2/h4-14H,15-16H2,1-3H3,(H,27,28);2*1-2H3/b26-19+;;. The minimum atomic E-state index is -0.829. The summed E-state index contributed by atoms with van der Waals surface area (Å²) in [5.74, 6) is -0.829. The van der Waals surface area contributed by atoms with Crippen LogP contribution in [0.5, 0.6) is 0 Å². The number of aryl methyl sites for hydroxylation is 2. The molecule has 3 rings (SSSR count). The van der Waals surface area contributed by atoms with Crippen molar-refractivity contribution in [3.05, 3.63) is 94.5 Å². The third kappa shape index (κ3) is 8.93. The molecule has 0 aromatic heterocycles. The Morgan fingerprint density at radius 2 is 1.48 bits per heavy atom. The highest BCUT2D eigenvalue weighted by Gasteiger charge is 2.05. The van der Waals surface area contributed by atoms with Crippen LogP contribution >= 0.6 is 0 Å². The monoisotopic (exact) mass is 447 g/mol. The Bertz CT molecular complexity index is 1040. The fourth-order valence-corrected chi connectivity index (χ4v) is 3.09. The van der Waals surface area contributed by atoms with Crippen LogP contribution in [0.1, 0.15) is 62.4 Å². The molecular weight excluding hydrogens is 410 g/mol. The van der Waals surface area contributed by atoms with Gasteiger partial charge in [0.1, 0.15) is 6.61 Å². The molecule has 0 saturated heterocycles. The zero-order chi connectivity index (χ0) is 24.8. The minimum Gasteiger partial charge on any atom is -0.481 e. The van der Waals surface area contributed by atoms with Gasteiger partial charge in [-0.25, -0.2) is 0 Å². The van der Waals surface area contributed by atoms with Crippen molar-refractivity contribution >= 4 is 11.7 Å². The van der Waals surface area contributed by atoms with Crippen molar-refractivity contribution < 1.29 is 14.7 Å². The van der Waals surface area contributed by atoms with Crippen LogP contribution in [0.3, 0.4) is 0 Å². The molecule has 1 N–H and O–H groups in total. The van der Waals surface area contributed by atoms with E-state index in [1.165, 1.54) is 11.1 Å². The van der Waals surface area contributed by atoms with Crippen molar-refractivity contribution in [3.63, 3.8) is 0 Å². The van der Waals surface area contributed by atoms with E-state index >= 15 is 0 Å². The minimum absolute atomic E-state index is 0.0233. The molecule has 0 amide bonds. The smallest absolute Gasteiger partial charge is 0.307 e. The summed E-state index contributed by atoms with van der Waals surface area (Å²) < 4.78 is 0. The molecule has 176 valence electrons. The molecule has 3 aromatic rings. The number of benzene rings is 3. The molecule has 0 bridgehead atoms. The summed E-state index contributed by atoms with van der Waals surface area (Å²) in [7, 11) is 0. The first-order valence-electron chi connectivity index (χ1n) is 11.6. The van der Waals surface area contributed by atoms with Crippen LogP contribution in [0.25, 0.3) is 11.1 Å². The van der Waals surface area contributed by atoms with Crippen LogP contribution < -0.4 is 0 Å². The van der Waals surface area contributed by atoms with E-state index in [1.54, 1.807) is 0 Å². The molecule has 0 saturated carbocycles. The van der Waals surface area contributed by atoms with E-state index in [0.717, 1.165) is 33.5 Å². The van der Waals surface area contributed by atoms with Crippen LogP contribution in [-0.2, 0) is 22.7 Å². The number of hydrogen-bond acceptors (Lipinski definition) is 3. The lowest BCUT2D eigenvalue weighted by atomic mass is 10.00. The molecule has 0 spiro atoms. The number of carboxylic acids is 1. The molecule has 0 heterocycles. The maximum atomic E-state index is 10.9. The molecule has 0 aliphatic heterocycles. The van der Waals surface area contributed by atoms with E-state index in [0.29, 0.717) is 6.61 Å². The van der Waals surface area contributed by atoms with Crippen LogP contribution in [0.15, 0.2) is 71.9 Å². The summed E-state index contributed by atoms with van der Waals surface area (Å²) in [6, 6.07) is 21.9. The predicted molar refractivity (Wildman–Crippen MR) is 139 cm³/mol. The van der Waals surface area contributed by atoms with E-state index in [1.807, 2.05) is 83.1 Å². The molecule has 0 atom stereocenters. The molecular formula is C29H37NO3. The molecule has 0 radical (unpaired) electrons. The van der Waals surface area contributed by atoms with E-state index in [-0.39, 0.29) is 6.42 Å². The Balaban J connectivity index is 0.00000129. The first kappa shape index (κ1) is 27.6. The topological polar surface area (TPSA) is 58.9 Å². The molecule has 0 aliphatic rings. The first-order chi connectivity index (χ1) is 15.9. The van der Waals surface area contributed by atoms with Gasteiger partial charge in [0.05, 0.1) is 12.1 Å². The number of carbonyl (C=O) groups is 1. The summed E-state index contributed by atoms with van der Waals surface area (Å²) in [6.07, 6.45) is 0.0233. The lowest BCUT2D eigenvalue weighted by Gasteiger charge is -2.07. The van der Waals surface area contributed by atoms with Gasteiger partial charge in [0.2, 0.25) is 0 Å². The zero-order valence-electron chi connectivity index (χ0n) is 21.0. The van der Waals surface area contributed by atoms with Crippen molar-refractivity contribution in [1.82, 2.24) is 0 Å². The van der Waals surface area contributed by atoms with E-state index in [9.17, 15) is 4.79 Å². The Morgan fingerprint density at radius 3 is 2.09 bits per heavy atom. The molecule has 4 nitrogen and oxygen atoms in total. The molecule has 0 unspecified atom stereocenters. The van der Waals surface area contributed by atoms with Crippen molar-refractivity contribution in [2.45, 2.75) is 61.5 Å². The Kier molecular flexibility index (Phi) is 12.2. The first-order valence-corrected chi connectivity index (χ1v) is 11.6. The fourth-order valence-electron chi connectivity index (χ4n) is 3.09. The number of aliphatic carboxylic acids is 1. The van der Waals surface area contributed by atoms with Crippen LogP contribution in [0.2, 0.25) is 0 Å². The second-order valence-electron chi connectivity index (χ2n) is 7.22. The second kappa shape index (κ2) is 14.6. The summed E-state index contributed by atoms with van der Waals surface area (Å²) in [5.41, 5.74) is 8.21. The SMILES string of the molecule is C/C(=N\OCc1ccc(C)c(C)c1)c1ccc(-c2cccc(CC(=O)O)c2)cc1.CC.CC. The number of rotatable bonds is 7. The Morgan fingerprint density at radius 1 is 0.818 bits per heavy atom. The highest BCUT2D eigenvalue weighted by Crippen LogP contribution is 2.22. The van der Waals surface area contributed by atoms with E-state index < -0.39 is 5.97 Å². The van der Waals surface area contributed by atoms with Gasteiger partial charge >= 0.3 is 5.97 Å². The summed E-state index contributed by atoms with van der Waals surface area (Å²) >= 11 is 0. The lowest BCUT2D eigenvalue weighted by molar-refractivity contribution is -0.136. The van der Waals surface area contributed by atoms with Crippen molar-refractivity contribution in [2.24, 2.45) is 5.16 Å². The number of nitrogens with zero attached hydrogens (tertiary/aromatic N) is 1. The van der Waals surface area contributed by atoms with Crippen LogP contribution in [-0.4, -0.2) is 16.8 Å². The molecule has 0 aliphatic carbocycles. The van der Waals surface area contributed by atoms with Gasteiger partial charge in [-0.05, 0) is 59.7 Å². The van der Waals surface area contributed by atoms with Crippen LogP contribution in [0, 0.1) is 13.8 Å². The van der Waals surface area contributed by atoms with Gasteiger partial charge in [0.25, 0.3) is 0 Å². The number of hydrogen-bond donors (Lipinski definition) is 1. The summed E-state index contributed by atoms with van der Waals surface area (Å²) in [4.78, 5) is 16.5. The van der Waals surface area contributed by atoms with E-state index in [4.69, 9.17) is 9.94 Å². The van der Waals surface area contributed by atoms with E-state index in [2.05, 4.69) is 37.2 Å². The van der Waals surface area contributed by atoms with Crippen molar-refractivity contribution in [2.75, 3.05) is 0 Å². The van der Waals surface area contributed by atoms with Gasteiger partial charge in [-0.3, -0.25) is 4.79 Å². The van der Waals surface area contributed by atoms with Gasteiger partial charge in [-0.15, -0.1) is 0 Å². The third-order valence-corrected chi connectivity index (χ3v) is 4.92. The zero-order valence-corrected chi connectivity index (χ0v) is 21.0. The Hall–Kier alpha value is -3.40. The highest BCUT2D eigenvalue weighted by atomic mass is 16.6. The normalized spacial score (nSPS) is 10.3. The van der Waals surface area contributed by atoms with Gasteiger partial charge in [-0.2, -0.15) is 0 Å². The second-order valence-corrected chi connectivity index (χ2v) is 7.22. The highest BCUT2D eigenvalue weighted by molar-refractivity contribution is 5.98. The largest absolute Gasteiger partial charge is 0.481 e. The van der Waals surface area contributed by atoms with Crippen molar-refractivity contribution in [1.29, 1.82) is 0 Å². The number of oxime groups is 1.